The third kappa shape index (κ3) is 2.71. The lowest BCUT2D eigenvalue weighted by atomic mass is 10.1. The second-order valence-electron chi connectivity index (χ2n) is 6.04. The van der Waals surface area contributed by atoms with Crippen LogP contribution in [0.5, 0.6) is 0 Å². The molecule has 3 heterocycles. The summed E-state index contributed by atoms with van der Waals surface area (Å²) in [6, 6.07) is 5.81. The molecule has 3 rings (SSSR count). The van der Waals surface area contributed by atoms with Crippen molar-refractivity contribution in [3.63, 3.8) is 0 Å². The molecule has 0 aromatic carbocycles. The Morgan fingerprint density at radius 2 is 2.32 bits per heavy atom. The molecule has 0 radical (unpaired) electrons. The van der Waals surface area contributed by atoms with Gasteiger partial charge in [0.15, 0.2) is 0 Å². The summed E-state index contributed by atoms with van der Waals surface area (Å²) in [6.07, 6.45) is 5.80. The fourth-order valence-electron chi connectivity index (χ4n) is 3.60. The van der Waals surface area contributed by atoms with Gasteiger partial charge in [0, 0.05) is 25.2 Å². The van der Waals surface area contributed by atoms with Crippen LogP contribution < -0.4 is 5.32 Å². The Balaban J connectivity index is 1.58. The highest BCUT2D eigenvalue weighted by Crippen LogP contribution is 2.28. The predicted molar refractivity (Wildman–Crippen MR) is 76.1 cm³/mol. The molecular formula is C15H25N3O. The Morgan fingerprint density at radius 1 is 1.42 bits per heavy atom. The van der Waals surface area contributed by atoms with E-state index in [9.17, 15) is 0 Å². The molecular weight excluding hydrogens is 238 g/mol. The maximum absolute atomic E-state index is 5.57. The van der Waals surface area contributed by atoms with Gasteiger partial charge in [-0.3, -0.25) is 9.80 Å². The first-order valence-corrected chi connectivity index (χ1v) is 7.43. The number of fused-ring (bicyclic) bond motifs is 1. The van der Waals surface area contributed by atoms with Gasteiger partial charge in [0.05, 0.1) is 12.3 Å². The zero-order valence-electron chi connectivity index (χ0n) is 12.0. The second-order valence-corrected chi connectivity index (χ2v) is 6.04. The van der Waals surface area contributed by atoms with Gasteiger partial charge in [-0.2, -0.15) is 0 Å². The van der Waals surface area contributed by atoms with E-state index >= 15 is 0 Å². The summed E-state index contributed by atoms with van der Waals surface area (Å²) < 4.78 is 5.57. The van der Waals surface area contributed by atoms with E-state index in [-0.39, 0.29) is 0 Å². The van der Waals surface area contributed by atoms with Crippen molar-refractivity contribution in [3.05, 3.63) is 24.2 Å². The highest BCUT2D eigenvalue weighted by molar-refractivity contribution is 5.06. The molecule has 2 saturated heterocycles. The lowest BCUT2D eigenvalue weighted by Gasteiger charge is -2.27. The number of nitrogens with zero attached hydrogens (tertiary/aromatic N) is 2. The van der Waals surface area contributed by atoms with Crippen molar-refractivity contribution in [2.45, 2.75) is 37.4 Å². The summed E-state index contributed by atoms with van der Waals surface area (Å²) in [7, 11) is 4.23. The van der Waals surface area contributed by atoms with E-state index in [2.05, 4.69) is 35.3 Å². The zero-order chi connectivity index (χ0) is 13.2. The third-order valence-electron chi connectivity index (χ3n) is 4.67. The minimum absolute atomic E-state index is 0.324. The molecule has 0 spiro atoms. The highest BCUT2D eigenvalue weighted by atomic mass is 16.3. The molecule has 19 heavy (non-hydrogen) atoms. The minimum Gasteiger partial charge on any atom is -0.468 e. The van der Waals surface area contributed by atoms with E-state index in [1.807, 2.05) is 6.07 Å². The molecule has 0 saturated carbocycles. The average Bonchev–Trinajstić information content (AvgIpc) is 3.05. The molecule has 0 aliphatic carbocycles. The van der Waals surface area contributed by atoms with E-state index in [0.717, 1.165) is 18.3 Å². The highest BCUT2D eigenvalue weighted by Gasteiger charge is 2.37. The molecule has 2 fully saturated rings. The summed E-state index contributed by atoms with van der Waals surface area (Å²) in [5.74, 6) is 1.05. The standard InChI is InChI=1S/C15H25N3O/c1-17(2)14(15-6-4-10-19-15)11-16-12-7-9-18-8-3-5-13(12)18/h4,6,10,12-14,16H,3,5,7-9,11H2,1-2H3. The van der Waals surface area contributed by atoms with Crippen LogP contribution in [0, 0.1) is 0 Å². The number of hydrogen-bond acceptors (Lipinski definition) is 4. The first-order valence-electron chi connectivity index (χ1n) is 7.43. The van der Waals surface area contributed by atoms with E-state index < -0.39 is 0 Å². The van der Waals surface area contributed by atoms with Crippen molar-refractivity contribution in [1.29, 1.82) is 0 Å². The normalized spacial score (nSPS) is 29.0. The quantitative estimate of drug-likeness (QED) is 0.876. The van der Waals surface area contributed by atoms with Crippen molar-refractivity contribution < 1.29 is 4.42 Å². The zero-order valence-corrected chi connectivity index (χ0v) is 12.0. The maximum atomic E-state index is 5.57. The van der Waals surface area contributed by atoms with E-state index in [1.165, 1.54) is 32.4 Å². The monoisotopic (exact) mass is 263 g/mol. The van der Waals surface area contributed by atoms with Crippen LogP contribution in [0.3, 0.4) is 0 Å². The van der Waals surface area contributed by atoms with Crippen molar-refractivity contribution in [2.24, 2.45) is 0 Å². The van der Waals surface area contributed by atoms with Gasteiger partial charge in [0.2, 0.25) is 0 Å². The molecule has 3 unspecified atom stereocenters. The predicted octanol–water partition coefficient (Wildman–Crippen LogP) is 1.71. The molecule has 1 aromatic heterocycles. The summed E-state index contributed by atoms with van der Waals surface area (Å²) in [5, 5.41) is 3.78. The van der Waals surface area contributed by atoms with Crippen LogP contribution in [0.2, 0.25) is 0 Å². The fourth-order valence-corrected chi connectivity index (χ4v) is 3.60. The van der Waals surface area contributed by atoms with Crippen molar-refractivity contribution >= 4 is 0 Å². The minimum atomic E-state index is 0.324. The topological polar surface area (TPSA) is 31.6 Å². The molecule has 4 nitrogen and oxygen atoms in total. The number of nitrogens with one attached hydrogen (secondary N) is 1. The number of hydrogen-bond donors (Lipinski definition) is 1. The molecule has 4 heteroatoms. The SMILES string of the molecule is CN(C)C(CNC1CCN2CCCC12)c1ccco1. The number of rotatable bonds is 5. The Bertz CT molecular complexity index is 390. The van der Waals surface area contributed by atoms with Gasteiger partial charge in [0.1, 0.15) is 5.76 Å². The van der Waals surface area contributed by atoms with E-state index in [0.29, 0.717) is 12.1 Å². The fraction of sp³-hybridized carbons (Fsp3) is 0.733. The molecule has 0 bridgehead atoms. The van der Waals surface area contributed by atoms with Gasteiger partial charge >= 0.3 is 0 Å². The Morgan fingerprint density at radius 3 is 3.05 bits per heavy atom. The van der Waals surface area contributed by atoms with Gasteiger partial charge in [-0.25, -0.2) is 0 Å². The molecule has 1 N–H and O–H groups in total. The van der Waals surface area contributed by atoms with Crippen LogP contribution in [-0.2, 0) is 0 Å². The van der Waals surface area contributed by atoms with Crippen LogP contribution in [-0.4, -0.2) is 55.6 Å². The van der Waals surface area contributed by atoms with Crippen molar-refractivity contribution in [1.82, 2.24) is 15.1 Å². The Labute approximate surface area is 115 Å². The first-order chi connectivity index (χ1) is 9.25. The molecule has 3 atom stereocenters. The van der Waals surface area contributed by atoms with Crippen LogP contribution in [0.4, 0.5) is 0 Å². The molecule has 1 aromatic rings. The van der Waals surface area contributed by atoms with E-state index in [4.69, 9.17) is 4.42 Å². The third-order valence-corrected chi connectivity index (χ3v) is 4.67. The first kappa shape index (κ1) is 13.2. The maximum Gasteiger partial charge on any atom is 0.122 e. The Kier molecular flexibility index (Phi) is 3.91. The van der Waals surface area contributed by atoms with Gasteiger partial charge in [-0.15, -0.1) is 0 Å². The lowest BCUT2D eigenvalue weighted by Crippen LogP contribution is -2.42. The van der Waals surface area contributed by atoms with Crippen LogP contribution >= 0.6 is 0 Å². The summed E-state index contributed by atoms with van der Waals surface area (Å²) in [5.41, 5.74) is 0. The second kappa shape index (κ2) is 5.65. The summed E-state index contributed by atoms with van der Waals surface area (Å²) >= 11 is 0. The van der Waals surface area contributed by atoms with Gasteiger partial charge in [-0.05, 0) is 52.0 Å². The van der Waals surface area contributed by atoms with Crippen LogP contribution in [0.25, 0.3) is 0 Å². The molecule has 0 amide bonds. The summed E-state index contributed by atoms with van der Waals surface area (Å²) in [6.45, 7) is 3.55. The average molecular weight is 263 g/mol. The lowest BCUT2D eigenvalue weighted by molar-refractivity contribution is 0.233. The van der Waals surface area contributed by atoms with E-state index in [1.54, 1.807) is 6.26 Å². The summed E-state index contributed by atoms with van der Waals surface area (Å²) in [4.78, 5) is 4.88. The van der Waals surface area contributed by atoms with Gasteiger partial charge in [-0.1, -0.05) is 0 Å². The van der Waals surface area contributed by atoms with Gasteiger partial charge in [0.25, 0.3) is 0 Å². The molecule has 106 valence electrons. The number of likely N-dealkylation sites (N-methyl/N-ethyl adjacent to an activating group) is 1. The molecule has 2 aliphatic rings. The van der Waals surface area contributed by atoms with Crippen LogP contribution in [0.15, 0.2) is 22.8 Å². The van der Waals surface area contributed by atoms with Crippen LogP contribution in [0.1, 0.15) is 31.1 Å². The largest absolute Gasteiger partial charge is 0.468 e. The Hall–Kier alpha value is -0.840. The van der Waals surface area contributed by atoms with Crippen molar-refractivity contribution in [3.8, 4) is 0 Å². The van der Waals surface area contributed by atoms with Crippen molar-refractivity contribution in [2.75, 3.05) is 33.7 Å². The number of furan rings is 1. The molecule has 2 aliphatic heterocycles. The van der Waals surface area contributed by atoms with Gasteiger partial charge < -0.3 is 9.73 Å². The smallest absolute Gasteiger partial charge is 0.122 e.